The summed E-state index contributed by atoms with van der Waals surface area (Å²) in [5, 5.41) is 19.3. The summed E-state index contributed by atoms with van der Waals surface area (Å²) in [6.07, 6.45) is 6.99. The van der Waals surface area contributed by atoms with Crippen LogP contribution in [0.4, 0.5) is 5.00 Å². The maximum absolute atomic E-state index is 8.97. The molecule has 25 heavy (non-hydrogen) atoms. The zero-order valence-electron chi connectivity index (χ0n) is 14.8. The summed E-state index contributed by atoms with van der Waals surface area (Å²) in [5.41, 5.74) is 0.182. The second-order valence-electron chi connectivity index (χ2n) is 5.82. The van der Waals surface area contributed by atoms with Crippen molar-refractivity contribution in [1.29, 1.82) is 10.5 Å². The molecule has 0 N–H and O–H groups in total. The molecule has 0 saturated heterocycles. The van der Waals surface area contributed by atoms with Gasteiger partial charge in [0.05, 0.1) is 9.53 Å². The molecule has 0 spiro atoms. The number of hydrogen-bond acceptors (Lipinski definition) is 5. The molecule has 2 aromatic heterocycles. The van der Waals surface area contributed by atoms with E-state index >= 15 is 0 Å². The lowest BCUT2D eigenvalue weighted by Gasteiger charge is -2.22. The highest BCUT2D eigenvalue weighted by molar-refractivity contribution is 7.17. The fraction of sp³-hybridized carbons (Fsp3) is 0.400. The average Bonchev–Trinajstić information content (AvgIpc) is 3.27. The van der Waals surface area contributed by atoms with Crippen LogP contribution in [0.15, 0.2) is 24.3 Å². The van der Waals surface area contributed by atoms with Crippen molar-refractivity contribution < 1.29 is 0 Å². The summed E-state index contributed by atoms with van der Waals surface area (Å²) in [5.74, 6) is 0. The van der Waals surface area contributed by atoms with Crippen LogP contribution in [0.3, 0.4) is 0 Å². The highest BCUT2D eigenvalue weighted by atomic mass is 32.1. The third-order valence-electron chi connectivity index (χ3n) is 3.87. The van der Waals surface area contributed by atoms with E-state index < -0.39 is 0 Å². The quantitative estimate of drug-likeness (QED) is 0.699. The third-order valence-corrected chi connectivity index (χ3v) is 6.01. The van der Waals surface area contributed by atoms with E-state index in [0.29, 0.717) is 0 Å². The van der Waals surface area contributed by atoms with Crippen molar-refractivity contribution in [3.8, 4) is 12.1 Å². The Balaban J connectivity index is 2.24. The van der Waals surface area contributed by atoms with Gasteiger partial charge in [-0.3, -0.25) is 0 Å². The molecular formula is C20H23N3S2. The second-order valence-corrected chi connectivity index (χ2v) is 8.02. The smallest absolute Gasteiger partial charge is 0.146 e. The lowest BCUT2D eigenvalue weighted by atomic mass is 10.2. The van der Waals surface area contributed by atoms with Crippen molar-refractivity contribution in [1.82, 2.24) is 0 Å². The lowest BCUT2D eigenvalue weighted by molar-refractivity contribution is 0.682. The second kappa shape index (κ2) is 10.0. The molecule has 2 heterocycles. The third kappa shape index (κ3) is 5.46. The molecule has 5 heteroatoms. The van der Waals surface area contributed by atoms with Gasteiger partial charge in [-0.25, -0.2) is 0 Å². The molecule has 3 nitrogen and oxygen atoms in total. The highest BCUT2D eigenvalue weighted by Crippen LogP contribution is 2.27. The maximum atomic E-state index is 8.97. The molecule has 2 rings (SSSR count). The van der Waals surface area contributed by atoms with Crippen molar-refractivity contribution in [2.24, 2.45) is 0 Å². The van der Waals surface area contributed by atoms with Gasteiger partial charge in [0, 0.05) is 22.5 Å². The Kier molecular flexibility index (Phi) is 7.73. The Bertz CT molecular complexity index is 853. The van der Waals surface area contributed by atoms with E-state index in [4.69, 9.17) is 10.5 Å². The number of rotatable bonds is 8. The van der Waals surface area contributed by atoms with E-state index in [9.17, 15) is 0 Å². The van der Waals surface area contributed by atoms with E-state index in [2.05, 4.69) is 37.0 Å². The summed E-state index contributed by atoms with van der Waals surface area (Å²) >= 11 is 3.29. The maximum Gasteiger partial charge on any atom is 0.146 e. The first-order valence-corrected chi connectivity index (χ1v) is 10.3. The van der Waals surface area contributed by atoms with Crippen molar-refractivity contribution in [3.05, 3.63) is 38.2 Å². The number of nitriles is 2. The van der Waals surface area contributed by atoms with Crippen LogP contribution in [-0.4, -0.2) is 13.1 Å². The van der Waals surface area contributed by atoms with E-state index in [-0.39, 0.29) is 5.57 Å². The van der Waals surface area contributed by atoms with Crippen LogP contribution in [0.2, 0.25) is 0 Å². The minimum absolute atomic E-state index is 0.182. The van der Waals surface area contributed by atoms with Crippen LogP contribution in [-0.2, 0) is 0 Å². The van der Waals surface area contributed by atoms with Crippen LogP contribution in [0.5, 0.6) is 0 Å². The molecule has 0 bridgehead atoms. The Morgan fingerprint density at radius 3 is 2.28 bits per heavy atom. The Morgan fingerprint density at radius 1 is 1.00 bits per heavy atom. The minimum Gasteiger partial charge on any atom is -0.363 e. The Labute approximate surface area is 157 Å². The first-order chi connectivity index (χ1) is 12.2. The molecule has 0 aromatic carbocycles. The molecule has 130 valence electrons. The molecule has 0 fully saturated rings. The molecular weight excluding hydrogens is 346 g/mol. The molecule has 0 saturated carbocycles. The van der Waals surface area contributed by atoms with Gasteiger partial charge in [-0.2, -0.15) is 10.5 Å². The topological polar surface area (TPSA) is 50.8 Å². The van der Waals surface area contributed by atoms with Crippen LogP contribution in [0.1, 0.15) is 44.4 Å². The number of anilines is 1. The van der Waals surface area contributed by atoms with Gasteiger partial charge in [-0.05, 0) is 43.2 Å². The average molecular weight is 370 g/mol. The summed E-state index contributed by atoms with van der Waals surface area (Å²) in [4.78, 5) is 3.70. The van der Waals surface area contributed by atoms with Crippen LogP contribution >= 0.6 is 22.7 Å². The SMILES string of the molecule is CCCCN(CCCC)c1ccc(/C=c2\ccc(=C(C#N)C#N)s2)s1. The van der Waals surface area contributed by atoms with Gasteiger partial charge in [-0.15, -0.1) is 22.7 Å². The molecule has 0 atom stereocenters. The van der Waals surface area contributed by atoms with Crippen molar-refractivity contribution >= 4 is 39.3 Å². The van der Waals surface area contributed by atoms with Crippen LogP contribution in [0.25, 0.3) is 11.6 Å². The van der Waals surface area contributed by atoms with Gasteiger partial charge in [0.15, 0.2) is 0 Å². The number of nitrogens with zero attached hydrogens (tertiary/aromatic N) is 3. The highest BCUT2D eigenvalue weighted by Gasteiger charge is 2.08. The van der Waals surface area contributed by atoms with E-state index in [1.54, 1.807) is 11.3 Å². The number of hydrogen-bond donors (Lipinski definition) is 0. The summed E-state index contributed by atoms with van der Waals surface area (Å²) < 4.78 is 1.81. The van der Waals surface area contributed by atoms with E-state index in [1.165, 1.54) is 46.9 Å². The van der Waals surface area contributed by atoms with E-state index in [0.717, 1.165) is 22.2 Å². The number of thiophene rings is 2. The predicted octanol–water partition coefficient (Wildman–Crippen LogP) is 4.24. The van der Waals surface area contributed by atoms with Crippen molar-refractivity contribution in [3.63, 3.8) is 0 Å². The first kappa shape index (κ1) is 19.2. The Morgan fingerprint density at radius 2 is 1.68 bits per heavy atom. The fourth-order valence-corrected chi connectivity index (χ4v) is 4.45. The van der Waals surface area contributed by atoms with Gasteiger partial charge in [0.25, 0.3) is 0 Å². The summed E-state index contributed by atoms with van der Waals surface area (Å²) in [7, 11) is 0. The molecule has 0 aliphatic rings. The van der Waals surface area contributed by atoms with E-state index in [1.807, 2.05) is 24.3 Å². The van der Waals surface area contributed by atoms with Gasteiger partial charge < -0.3 is 4.90 Å². The largest absolute Gasteiger partial charge is 0.363 e. The normalized spacial score (nSPS) is 11.1. The summed E-state index contributed by atoms with van der Waals surface area (Å²) in [6.45, 7) is 6.69. The monoisotopic (exact) mass is 369 g/mol. The molecule has 0 aliphatic carbocycles. The Hall–Kier alpha value is -2.08. The molecule has 0 aliphatic heterocycles. The van der Waals surface area contributed by atoms with Crippen molar-refractivity contribution in [2.75, 3.05) is 18.0 Å². The summed E-state index contributed by atoms with van der Waals surface area (Å²) in [6, 6.07) is 12.1. The molecule has 0 unspecified atom stereocenters. The number of unbranched alkanes of at least 4 members (excludes halogenated alkanes) is 2. The van der Waals surface area contributed by atoms with Crippen molar-refractivity contribution in [2.45, 2.75) is 39.5 Å². The van der Waals surface area contributed by atoms with Gasteiger partial charge in [-0.1, -0.05) is 26.7 Å². The van der Waals surface area contributed by atoms with Gasteiger partial charge in [0.2, 0.25) is 0 Å². The fourth-order valence-electron chi connectivity index (χ4n) is 2.46. The van der Waals surface area contributed by atoms with Gasteiger partial charge in [0.1, 0.15) is 17.7 Å². The lowest BCUT2D eigenvalue weighted by Crippen LogP contribution is -2.24. The zero-order valence-corrected chi connectivity index (χ0v) is 16.4. The van der Waals surface area contributed by atoms with Crippen LogP contribution in [0, 0.1) is 22.7 Å². The predicted molar refractivity (Wildman–Crippen MR) is 108 cm³/mol. The van der Waals surface area contributed by atoms with Gasteiger partial charge >= 0.3 is 0 Å². The first-order valence-electron chi connectivity index (χ1n) is 8.68. The molecule has 0 amide bonds. The standard InChI is InChI=1S/C20H23N3S2/c1-3-5-11-23(12-6-4-2)20-10-8-18(25-20)13-17-7-9-19(24-17)16(14-21)15-22/h7-10,13H,3-6,11-12H2,1-2H3/b17-13+. The molecule has 0 radical (unpaired) electrons. The minimum atomic E-state index is 0.182. The van der Waals surface area contributed by atoms with Crippen LogP contribution < -0.4 is 14.0 Å². The zero-order chi connectivity index (χ0) is 18.1. The molecule has 2 aromatic rings.